The summed E-state index contributed by atoms with van der Waals surface area (Å²) < 4.78 is 16.6. The minimum absolute atomic E-state index is 0.134. The van der Waals surface area contributed by atoms with E-state index in [0.717, 1.165) is 30.7 Å². The number of nitrogens with one attached hydrogen (secondary N) is 1. The standard InChI is InChI=1S/C24H29NO5/c1-16(2)21-8-4-5-9-22(21)25-23(26)17(3)30-24(27)18-10-12-19(13-11-18)29-15-20-7-6-14-28-20/h4-5,8-13,16-17,20H,6-7,14-15H2,1-3H3,(H,25,26)/t17-,20+/m0/s1. The lowest BCUT2D eigenvalue weighted by Crippen LogP contribution is -2.30. The third kappa shape index (κ3) is 5.83. The smallest absolute Gasteiger partial charge is 0.338 e. The molecule has 1 aliphatic rings. The summed E-state index contributed by atoms with van der Waals surface area (Å²) in [5.41, 5.74) is 2.12. The molecule has 3 rings (SSSR count). The first kappa shape index (κ1) is 21.8. The van der Waals surface area contributed by atoms with Crippen molar-refractivity contribution in [3.8, 4) is 5.75 Å². The van der Waals surface area contributed by atoms with Gasteiger partial charge in [0.1, 0.15) is 12.4 Å². The van der Waals surface area contributed by atoms with Crippen LogP contribution in [0.1, 0.15) is 55.5 Å². The number of carbonyl (C=O) groups is 2. The zero-order chi connectivity index (χ0) is 21.5. The average Bonchev–Trinajstić information content (AvgIpc) is 3.26. The third-order valence-corrected chi connectivity index (χ3v) is 5.04. The first-order valence-electron chi connectivity index (χ1n) is 10.4. The summed E-state index contributed by atoms with van der Waals surface area (Å²) in [5.74, 6) is 0.00638. The van der Waals surface area contributed by atoms with Gasteiger partial charge in [-0.3, -0.25) is 4.79 Å². The molecule has 160 valence electrons. The Balaban J connectivity index is 1.52. The van der Waals surface area contributed by atoms with E-state index in [0.29, 0.717) is 17.9 Å². The van der Waals surface area contributed by atoms with E-state index in [-0.39, 0.29) is 17.9 Å². The lowest BCUT2D eigenvalue weighted by Gasteiger charge is -2.17. The number of hydrogen-bond acceptors (Lipinski definition) is 5. The van der Waals surface area contributed by atoms with Crippen LogP contribution in [0.3, 0.4) is 0 Å². The highest BCUT2D eigenvalue weighted by Gasteiger charge is 2.21. The van der Waals surface area contributed by atoms with Gasteiger partial charge in [-0.2, -0.15) is 0 Å². The quantitative estimate of drug-likeness (QED) is 0.645. The highest BCUT2D eigenvalue weighted by atomic mass is 16.5. The molecule has 1 heterocycles. The van der Waals surface area contributed by atoms with Crippen LogP contribution in [-0.2, 0) is 14.3 Å². The molecular weight excluding hydrogens is 382 g/mol. The van der Waals surface area contributed by atoms with Crippen LogP contribution in [0, 0.1) is 0 Å². The fourth-order valence-corrected chi connectivity index (χ4v) is 3.28. The van der Waals surface area contributed by atoms with E-state index < -0.39 is 12.1 Å². The van der Waals surface area contributed by atoms with Crippen LogP contribution in [-0.4, -0.2) is 37.3 Å². The second kappa shape index (κ2) is 10.3. The molecule has 30 heavy (non-hydrogen) atoms. The Morgan fingerprint density at radius 3 is 2.50 bits per heavy atom. The molecule has 2 aromatic carbocycles. The molecule has 2 aromatic rings. The van der Waals surface area contributed by atoms with Gasteiger partial charge in [0.25, 0.3) is 5.91 Å². The van der Waals surface area contributed by atoms with Crippen LogP contribution in [0.15, 0.2) is 48.5 Å². The topological polar surface area (TPSA) is 73.9 Å². The molecule has 1 amide bonds. The van der Waals surface area contributed by atoms with Crippen LogP contribution < -0.4 is 10.1 Å². The summed E-state index contributed by atoms with van der Waals surface area (Å²) in [5, 5.41) is 2.85. The van der Waals surface area contributed by atoms with Crippen molar-refractivity contribution in [2.75, 3.05) is 18.5 Å². The fraction of sp³-hybridized carbons (Fsp3) is 0.417. The zero-order valence-electron chi connectivity index (χ0n) is 17.7. The minimum Gasteiger partial charge on any atom is -0.491 e. The molecule has 0 spiro atoms. The maximum atomic E-state index is 12.5. The van der Waals surface area contributed by atoms with Gasteiger partial charge in [-0.1, -0.05) is 32.0 Å². The summed E-state index contributed by atoms with van der Waals surface area (Å²) in [4.78, 5) is 24.9. The maximum Gasteiger partial charge on any atom is 0.338 e. The number of para-hydroxylation sites is 1. The van der Waals surface area contributed by atoms with Gasteiger partial charge in [0.05, 0.1) is 11.7 Å². The summed E-state index contributed by atoms with van der Waals surface area (Å²) in [6.45, 7) is 6.96. The van der Waals surface area contributed by atoms with E-state index in [1.54, 1.807) is 31.2 Å². The van der Waals surface area contributed by atoms with E-state index in [1.807, 2.05) is 24.3 Å². The molecule has 0 unspecified atom stereocenters. The number of hydrogen-bond donors (Lipinski definition) is 1. The zero-order valence-corrected chi connectivity index (χ0v) is 17.7. The molecule has 6 heteroatoms. The molecule has 1 saturated heterocycles. The molecule has 0 aromatic heterocycles. The fourth-order valence-electron chi connectivity index (χ4n) is 3.28. The van der Waals surface area contributed by atoms with Gasteiger partial charge >= 0.3 is 5.97 Å². The minimum atomic E-state index is -0.923. The molecular formula is C24H29NO5. The first-order chi connectivity index (χ1) is 14.4. The molecule has 1 aliphatic heterocycles. The summed E-state index contributed by atoms with van der Waals surface area (Å²) in [6.07, 6.45) is 1.28. The van der Waals surface area contributed by atoms with Crippen LogP contribution in [0.25, 0.3) is 0 Å². The van der Waals surface area contributed by atoms with Crippen LogP contribution in [0.5, 0.6) is 5.75 Å². The number of amides is 1. The Morgan fingerprint density at radius 1 is 1.10 bits per heavy atom. The van der Waals surface area contributed by atoms with Crippen molar-refractivity contribution in [2.24, 2.45) is 0 Å². The Kier molecular flexibility index (Phi) is 7.46. The lowest BCUT2D eigenvalue weighted by molar-refractivity contribution is -0.123. The Hall–Kier alpha value is -2.86. The lowest BCUT2D eigenvalue weighted by atomic mass is 10.0. The molecule has 0 aliphatic carbocycles. The second-order valence-corrected chi connectivity index (χ2v) is 7.75. The molecule has 0 bridgehead atoms. The van der Waals surface area contributed by atoms with Crippen molar-refractivity contribution in [3.63, 3.8) is 0 Å². The first-order valence-corrected chi connectivity index (χ1v) is 10.4. The van der Waals surface area contributed by atoms with Crippen molar-refractivity contribution in [1.82, 2.24) is 0 Å². The summed E-state index contributed by atoms with van der Waals surface area (Å²) in [6, 6.07) is 14.3. The largest absolute Gasteiger partial charge is 0.491 e. The van der Waals surface area contributed by atoms with Gasteiger partial charge in [-0.25, -0.2) is 4.79 Å². The number of carbonyl (C=O) groups excluding carboxylic acids is 2. The number of esters is 1. The highest BCUT2D eigenvalue weighted by Crippen LogP contribution is 2.24. The van der Waals surface area contributed by atoms with Crippen molar-refractivity contribution < 1.29 is 23.8 Å². The predicted molar refractivity (Wildman–Crippen MR) is 115 cm³/mol. The number of anilines is 1. The predicted octanol–water partition coefficient (Wildman–Crippen LogP) is 4.55. The number of ether oxygens (including phenoxy) is 3. The van der Waals surface area contributed by atoms with Crippen molar-refractivity contribution >= 4 is 17.6 Å². The molecule has 6 nitrogen and oxygen atoms in total. The van der Waals surface area contributed by atoms with E-state index >= 15 is 0 Å². The van der Waals surface area contributed by atoms with E-state index in [1.165, 1.54) is 0 Å². The van der Waals surface area contributed by atoms with Gasteiger partial charge in [0.2, 0.25) is 0 Å². The van der Waals surface area contributed by atoms with E-state index in [4.69, 9.17) is 14.2 Å². The van der Waals surface area contributed by atoms with Crippen LogP contribution in [0.4, 0.5) is 5.69 Å². The van der Waals surface area contributed by atoms with Gasteiger partial charge in [-0.05, 0) is 61.6 Å². The number of rotatable bonds is 8. The number of benzene rings is 2. The summed E-state index contributed by atoms with van der Waals surface area (Å²) >= 11 is 0. The SMILES string of the molecule is CC(C)c1ccccc1NC(=O)[C@H](C)OC(=O)c1ccc(OC[C@H]2CCCO2)cc1. The summed E-state index contributed by atoms with van der Waals surface area (Å²) in [7, 11) is 0. The molecule has 2 atom stereocenters. The van der Waals surface area contributed by atoms with Crippen LogP contribution >= 0.6 is 0 Å². The van der Waals surface area contributed by atoms with Gasteiger partial charge in [-0.15, -0.1) is 0 Å². The van der Waals surface area contributed by atoms with Gasteiger partial charge < -0.3 is 19.5 Å². The van der Waals surface area contributed by atoms with Gasteiger partial charge in [0, 0.05) is 12.3 Å². The molecule has 0 saturated carbocycles. The van der Waals surface area contributed by atoms with Crippen molar-refractivity contribution in [2.45, 2.75) is 51.7 Å². The average molecular weight is 411 g/mol. The maximum absolute atomic E-state index is 12.5. The third-order valence-electron chi connectivity index (χ3n) is 5.04. The highest BCUT2D eigenvalue weighted by molar-refractivity contribution is 5.97. The monoisotopic (exact) mass is 411 g/mol. The molecule has 1 fully saturated rings. The second-order valence-electron chi connectivity index (χ2n) is 7.75. The normalized spacial score (nSPS) is 16.9. The van der Waals surface area contributed by atoms with E-state index in [9.17, 15) is 9.59 Å². The Labute approximate surface area is 177 Å². The van der Waals surface area contributed by atoms with Gasteiger partial charge in [0.15, 0.2) is 6.10 Å². The Bertz CT molecular complexity index is 856. The Morgan fingerprint density at radius 2 is 1.83 bits per heavy atom. The van der Waals surface area contributed by atoms with Crippen LogP contribution in [0.2, 0.25) is 0 Å². The van der Waals surface area contributed by atoms with Crippen molar-refractivity contribution in [3.05, 3.63) is 59.7 Å². The van der Waals surface area contributed by atoms with Crippen molar-refractivity contribution in [1.29, 1.82) is 0 Å². The van der Waals surface area contributed by atoms with E-state index in [2.05, 4.69) is 19.2 Å². The molecule has 1 N–H and O–H groups in total. The molecule has 0 radical (unpaired) electrons.